The lowest BCUT2D eigenvalue weighted by molar-refractivity contribution is -0.0177. The van der Waals surface area contributed by atoms with E-state index in [1.807, 2.05) is 27.7 Å². The van der Waals surface area contributed by atoms with Gasteiger partial charge in [0.1, 0.15) is 23.7 Å². The fourth-order valence-electron chi connectivity index (χ4n) is 4.15. The van der Waals surface area contributed by atoms with Gasteiger partial charge in [-0.3, -0.25) is 0 Å². The maximum atomic E-state index is 12.2. The number of carbonyl (C=O) groups is 2. The van der Waals surface area contributed by atoms with E-state index in [2.05, 4.69) is 0 Å². The molecule has 1 amide bonds. The topological polar surface area (TPSA) is 113 Å². The number of carbonyl (C=O) groups excluding carboxylic acids is 2. The van der Waals surface area contributed by atoms with Crippen molar-refractivity contribution in [2.24, 2.45) is 5.84 Å². The summed E-state index contributed by atoms with van der Waals surface area (Å²) in [4.78, 5) is 26.0. The molecule has 0 aliphatic carbocycles. The van der Waals surface area contributed by atoms with Crippen molar-refractivity contribution in [2.45, 2.75) is 52.2 Å². The second-order valence-electron chi connectivity index (χ2n) is 10.2. The quantitative estimate of drug-likeness (QED) is 0.214. The van der Waals surface area contributed by atoms with E-state index in [0.717, 1.165) is 18.4 Å². The number of amides is 1. The predicted octanol–water partition coefficient (Wildman–Crippen LogP) is 4.68. The molecule has 1 fully saturated rings. The van der Waals surface area contributed by atoms with Gasteiger partial charge in [-0.1, -0.05) is 0 Å². The van der Waals surface area contributed by atoms with Gasteiger partial charge in [-0.05, 0) is 82.5 Å². The minimum absolute atomic E-state index is 0.0899. The monoisotopic (exact) mass is 529 g/mol. The van der Waals surface area contributed by atoms with Crippen molar-refractivity contribution in [3.8, 4) is 17.2 Å². The minimum Gasteiger partial charge on any atom is -0.491 e. The molecule has 10 nitrogen and oxygen atoms in total. The predicted molar refractivity (Wildman–Crippen MR) is 144 cm³/mol. The summed E-state index contributed by atoms with van der Waals surface area (Å²) in [5.74, 6) is 7.22. The van der Waals surface area contributed by atoms with E-state index in [-0.39, 0.29) is 12.2 Å². The third kappa shape index (κ3) is 8.26. The molecule has 0 unspecified atom stereocenters. The van der Waals surface area contributed by atoms with Gasteiger partial charge in [-0.2, -0.15) is 0 Å². The molecule has 3 rings (SSSR count). The summed E-state index contributed by atoms with van der Waals surface area (Å²) >= 11 is 0. The smallest absolute Gasteiger partial charge is 0.410 e. The third-order valence-electron chi connectivity index (χ3n) is 5.89. The molecule has 0 atom stereocenters. The molecule has 1 heterocycles. The Morgan fingerprint density at radius 2 is 1.68 bits per heavy atom. The van der Waals surface area contributed by atoms with E-state index in [4.69, 9.17) is 29.5 Å². The largest absolute Gasteiger partial charge is 0.491 e. The lowest BCUT2D eigenvalue weighted by Gasteiger charge is -2.33. The number of aryl methyl sites for hydroxylation is 1. The van der Waals surface area contributed by atoms with Crippen molar-refractivity contribution in [3.05, 3.63) is 47.5 Å². The first-order chi connectivity index (χ1) is 18.0. The van der Waals surface area contributed by atoms with Gasteiger partial charge in [0, 0.05) is 20.1 Å². The Bertz CT molecular complexity index is 1090. The van der Waals surface area contributed by atoms with Crippen molar-refractivity contribution in [1.29, 1.82) is 0 Å². The molecule has 0 saturated carbocycles. The lowest BCUT2D eigenvalue weighted by atomic mass is 10.1. The van der Waals surface area contributed by atoms with E-state index < -0.39 is 11.6 Å². The summed E-state index contributed by atoms with van der Waals surface area (Å²) in [6.45, 7) is 9.52. The van der Waals surface area contributed by atoms with Crippen molar-refractivity contribution in [3.63, 3.8) is 0 Å². The van der Waals surface area contributed by atoms with E-state index in [0.29, 0.717) is 54.8 Å². The zero-order chi connectivity index (χ0) is 27.9. The van der Waals surface area contributed by atoms with E-state index in [9.17, 15) is 9.59 Å². The molecule has 1 saturated heterocycles. The number of esters is 1. The van der Waals surface area contributed by atoms with Crippen LogP contribution in [0.2, 0.25) is 0 Å². The zero-order valence-electron chi connectivity index (χ0n) is 23.1. The van der Waals surface area contributed by atoms with Crippen LogP contribution in [0.5, 0.6) is 17.2 Å². The first-order valence-corrected chi connectivity index (χ1v) is 12.7. The van der Waals surface area contributed by atoms with Gasteiger partial charge < -0.3 is 33.6 Å². The van der Waals surface area contributed by atoms with Crippen molar-refractivity contribution in [1.82, 2.24) is 4.90 Å². The van der Waals surface area contributed by atoms with Crippen LogP contribution >= 0.6 is 0 Å². The first-order valence-electron chi connectivity index (χ1n) is 12.7. The molecular formula is C28H39N3O7. The maximum Gasteiger partial charge on any atom is 0.410 e. The van der Waals surface area contributed by atoms with E-state index >= 15 is 0 Å². The molecule has 0 spiro atoms. The van der Waals surface area contributed by atoms with Crippen LogP contribution in [0.1, 0.15) is 49.5 Å². The summed E-state index contributed by atoms with van der Waals surface area (Å²) in [6, 6.07) is 10.5. The molecule has 1 aliphatic heterocycles. The summed E-state index contributed by atoms with van der Waals surface area (Å²) in [5, 5.41) is 1.45. The van der Waals surface area contributed by atoms with Crippen LogP contribution in [0.4, 0.5) is 10.5 Å². The van der Waals surface area contributed by atoms with Gasteiger partial charge in [0.25, 0.3) is 0 Å². The van der Waals surface area contributed by atoms with Crippen LogP contribution in [-0.2, 0) is 14.2 Å². The van der Waals surface area contributed by atoms with Crippen molar-refractivity contribution >= 4 is 17.7 Å². The molecule has 0 bridgehead atoms. The third-order valence-corrected chi connectivity index (χ3v) is 5.89. The number of hydrogen-bond acceptors (Lipinski definition) is 9. The molecule has 2 N–H and O–H groups in total. The molecule has 1 aliphatic rings. The highest BCUT2D eigenvalue weighted by Crippen LogP contribution is 2.35. The average molecular weight is 530 g/mol. The van der Waals surface area contributed by atoms with Gasteiger partial charge in [-0.25, -0.2) is 15.4 Å². The van der Waals surface area contributed by atoms with E-state index in [1.165, 1.54) is 12.1 Å². The number of hydrazine groups is 1. The highest BCUT2D eigenvalue weighted by molar-refractivity contribution is 5.91. The van der Waals surface area contributed by atoms with Gasteiger partial charge >= 0.3 is 12.1 Å². The SMILES string of the molecule is COC(=O)c1cc(C)c(N(C)N)c(Oc2ccc(OCCOC3CCN(C(=O)OC(C)(C)C)CC3)cc2)c1. The number of ether oxygens (including phenoxy) is 5. The number of likely N-dealkylation sites (tertiary alicyclic amines) is 1. The molecule has 0 radical (unpaired) electrons. The molecule has 208 valence electrons. The number of benzene rings is 2. The normalized spacial score (nSPS) is 14.1. The zero-order valence-corrected chi connectivity index (χ0v) is 23.1. The average Bonchev–Trinajstić information content (AvgIpc) is 2.86. The summed E-state index contributed by atoms with van der Waals surface area (Å²) in [5.41, 5.74) is 1.32. The van der Waals surface area contributed by atoms with Gasteiger partial charge in [0.2, 0.25) is 0 Å². The first kappa shape index (κ1) is 29.1. The summed E-state index contributed by atoms with van der Waals surface area (Å²) < 4.78 is 28.1. The molecule has 10 heteroatoms. The van der Waals surface area contributed by atoms with Gasteiger partial charge in [-0.15, -0.1) is 0 Å². The number of nitrogens with zero attached hydrogens (tertiary/aromatic N) is 2. The molecule has 0 aromatic heterocycles. The lowest BCUT2D eigenvalue weighted by Crippen LogP contribution is -2.43. The number of nitrogens with two attached hydrogens (primary N) is 1. The number of hydrogen-bond donors (Lipinski definition) is 1. The Hall–Kier alpha value is -3.50. The van der Waals surface area contributed by atoms with Crippen molar-refractivity contribution in [2.75, 3.05) is 45.5 Å². The Morgan fingerprint density at radius 1 is 1.05 bits per heavy atom. The summed E-state index contributed by atoms with van der Waals surface area (Å²) in [7, 11) is 3.04. The second kappa shape index (κ2) is 12.8. The van der Waals surface area contributed by atoms with Gasteiger partial charge in [0.05, 0.1) is 31.1 Å². The Kier molecular flexibility index (Phi) is 9.82. The fraction of sp³-hybridized carbons (Fsp3) is 0.500. The van der Waals surface area contributed by atoms with E-state index in [1.54, 1.807) is 48.3 Å². The Labute approximate surface area is 224 Å². The maximum absolute atomic E-state index is 12.2. The Morgan fingerprint density at radius 3 is 2.26 bits per heavy atom. The highest BCUT2D eigenvalue weighted by Gasteiger charge is 2.27. The van der Waals surface area contributed by atoms with Crippen LogP contribution in [0, 0.1) is 6.92 Å². The summed E-state index contributed by atoms with van der Waals surface area (Å²) in [6.07, 6.45) is 1.35. The van der Waals surface area contributed by atoms with Crippen LogP contribution in [0.3, 0.4) is 0 Å². The van der Waals surface area contributed by atoms with Crippen LogP contribution in [0.25, 0.3) is 0 Å². The molecular weight excluding hydrogens is 490 g/mol. The highest BCUT2D eigenvalue weighted by atomic mass is 16.6. The number of anilines is 1. The number of rotatable bonds is 9. The molecule has 2 aromatic carbocycles. The van der Waals surface area contributed by atoms with Gasteiger partial charge in [0.15, 0.2) is 5.75 Å². The van der Waals surface area contributed by atoms with Crippen molar-refractivity contribution < 1.29 is 33.3 Å². The van der Waals surface area contributed by atoms with Crippen LogP contribution < -0.4 is 20.3 Å². The van der Waals surface area contributed by atoms with Crippen LogP contribution in [-0.4, -0.2) is 69.1 Å². The standard InChI is InChI=1S/C28H39N3O7/c1-19-17-20(26(32)34-6)18-24(25(19)30(5)29)37-23-9-7-21(8-10-23)35-15-16-36-22-11-13-31(14-12-22)27(33)38-28(2,3)4/h7-10,17-18,22H,11-16,29H2,1-6H3. The van der Waals surface area contributed by atoms with Crippen LogP contribution in [0.15, 0.2) is 36.4 Å². The number of piperidine rings is 1. The number of methoxy groups -OCH3 is 1. The fourth-order valence-corrected chi connectivity index (χ4v) is 4.15. The second-order valence-corrected chi connectivity index (χ2v) is 10.2. The molecule has 2 aromatic rings. The molecule has 38 heavy (non-hydrogen) atoms. The Balaban J connectivity index is 1.47. The minimum atomic E-state index is -0.495.